The van der Waals surface area contributed by atoms with Gasteiger partial charge in [0.25, 0.3) is 10.0 Å². The summed E-state index contributed by atoms with van der Waals surface area (Å²) in [5.74, 6) is 0.0601. The van der Waals surface area contributed by atoms with Crippen LogP contribution in [0.4, 0.5) is 10.1 Å². The number of halogens is 1. The van der Waals surface area contributed by atoms with Gasteiger partial charge in [0.05, 0.1) is 10.6 Å². The number of aromatic nitrogens is 5. The van der Waals surface area contributed by atoms with Gasteiger partial charge in [0.2, 0.25) is 0 Å². The highest BCUT2D eigenvalue weighted by atomic mass is 32.2. The fourth-order valence-corrected chi connectivity index (χ4v) is 4.24. The molecule has 3 heterocycles. The van der Waals surface area contributed by atoms with Gasteiger partial charge in [0.15, 0.2) is 11.5 Å². The summed E-state index contributed by atoms with van der Waals surface area (Å²) in [4.78, 5) is 3.98. The molecule has 1 N–H and O–H groups in total. The van der Waals surface area contributed by atoms with Crippen molar-refractivity contribution in [3.05, 3.63) is 91.0 Å². The average Bonchev–Trinajstić information content (AvgIpc) is 3.23. The zero-order chi connectivity index (χ0) is 22.1. The normalized spacial score (nSPS) is 11.5. The van der Waals surface area contributed by atoms with Crippen molar-refractivity contribution in [2.24, 2.45) is 0 Å². The molecule has 0 aliphatic carbocycles. The van der Waals surface area contributed by atoms with Crippen molar-refractivity contribution in [3.8, 4) is 22.6 Å². The van der Waals surface area contributed by atoms with E-state index in [-0.39, 0.29) is 4.90 Å². The van der Waals surface area contributed by atoms with Crippen LogP contribution in [0.3, 0.4) is 0 Å². The molecule has 0 fully saturated rings. The lowest BCUT2D eigenvalue weighted by Gasteiger charge is -2.10. The smallest absolute Gasteiger partial charge is 0.261 e. The summed E-state index contributed by atoms with van der Waals surface area (Å²) in [5, 5.41) is 13.0. The van der Waals surface area contributed by atoms with E-state index in [1.807, 2.05) is 18.2 Å². The van der Waals surface area contributed by atoms with Crippen LogP contribution in [0.15, 0.2) is 90.1 Å². The van der Waals surface area contributed by atoms with Gasteiger partial charge in [-0.3, -0.25) is 9.71 Å². The largest absolute Gasteiger partial charge is 0.280 e. The molecule has 0 aliphatic rings. The van der Waals surface area contributed by atoms with E-state index in [1.54, 1.807) is 47.2 Å². The summed E-state index contributed by atoms with van der Waals surface area (Å²) in [5.41, 5.74) is 3.05. The number of rotatable bonds is 5. The molecule has 0 saturated carbocycles. The van der Waals surface area contributed by atoms with Gasteiger partial charge >= 0.3 is 0 Å². The molecule has 0 saturated heterocycles. The maximum atomic E-state index is 13.1. The fraction of sp³-hybridized carbons (Fsp3) is 0. The van der Waals surface area contributed by atoms with Gasteiger partial charge in [-0.2, -0.15) is 9.61 Å². The molecule has 0 atom stereocenters. The second-order valence-electron chi connectivity index (χ2n) is 6.89. The first-order chi connectivity index (χ1) is 15.5. The number of fused-ring (bicyclic) bond motifs is 1. The third-order valence-corrected chi connectivity index (χ3v) is 6.13. The number of hydrogen-bond donors (Lipinski definition) is 1. The van der Waals surface area contributed by atoms with Crippen LogP contribution in [0, 0.1) is 5.82 Å². The highest BCUT2D eigenvalue weighted by molar-refractivity contribution is 7.92. The Hall–Kier alpha value is -4.18. The standard InChI is InChI=1S/C22H15FN6O2S/c23-17-4-6-19(7-5-17)32(30,31)28-18-3-1-2-16(14-18)20-8-9-21-25-26-22(29(21)27-20)15-10-12-24-13-11-15/h1-14,28H. The highest BCUT2D eigenvalue weighted by Gasteiger charge is 2.15. The van der Waals surface area contributed by atoms with Crippen LogP contribution in [-0.4, -0.2) is 33.2 Å². The number of pyridine rings is 1. The van der Waals surface area contributed by atoms with Crippen LogP contribution in [0.1, 0.15) is 0 Å². The summed E-state index contributed by atoms with van der Waals surface area (Å²) < 4.78 is 42.5. The maximum Gasteiger partial charge on any atom is 0.261 e. The Balaban J connectivity index is 1.50. The summed E-state index contributed by atoms with van der Waals surface area (Å²) in [6, 6.07) is 18.7. The van der Waals surface area contributed by atoms with Gasteiger partial charge < -0.3 is 0 Å². The van der Waals surface area contributed by atoms with E-state index in [4.69, 9.17) is 0 Å². The van der Waals surface area contributed by atoms with Crippen molar-refractivity contribution in [2.45, 2.75) is 4.90 Å². The van der Waals surface area contributed by atoms with E-state index in [9.17, 15) is 12.8 Å². The average molecular weight is 446 g/mol. The van der Waals surface area contributed by atoms with Gasteiger partial charge in [-0.25, -0.2) is 12.8 Å². The minimum absolute atomic E-state index is 0.0321. The predicted octanol–water partition coefficient (Wildman–Crippen LogP) is 3.79. The zero-order valence-electron chi connectivity index (χ0n) is 16.4. The number of nitrogens with zero attached hydrogens (tertiary/aromatic N) is 5. The van der Waals surface area contributed by atoms with Crippen LogP contribution in [0.5, 0.6) is 0 Å². The predicted molar refractivity (Wildman–Crippen MR) is 117 cm³/mol. The molecule has 158 valence electrons. The quantitative estimate of drug-likeness (QED) is 0.441. The van der Waals surface area contributed by atoms with Crippen molar-refractivity contribution < 1.29 is 12.8 Å². The van der Waals surface area contributed by atoms with E-state index < -0.39 is 15.8 Å². The second kappa shape index (κ2) is 7.82. The molecular weight excluding hydrogens is 431 g/mol. The summed E-state index contributed by atoms with van der Waals surface area (Å²) >= 11 is 0. The van der Waals surface area contributed by atoms with Crippen LogP contribution in [0.2, 0.25) is 0 Å². The minimum Gasteiger partial charge on any atom is -0.280 e. The second-order valence-corrected chi connectivity index (χ2v) is 8.57. The summed E-state index contributed by atoms with van der Waals surface area (Å²) in [6.07, 6.45) is 3.33. The van der Waals surface area contributed by atoms with Crippen LogP contribution in [-0.2, 0) is 10.0 Å². The molecular formula is C22H15FN6O2S. The molecule has 2 aromatic carbocycles. The molecule has 5 rings (SSSR count). The van der Waals surface area contributed by atoms with Crippen molar-refractivity contribution in [1.82, 2.24) is 24.8 Å². The molecule has 0 spiro atoms. The Bertz CT molecular complexity index is 1520. The van der Waals surface area contributed by atoms with E-state index in [1.165, 1.54) is 12.1 Å². The number of sulfonamides is 1. The van der Waals surface area contributed by atoms with Crippen molar-refractivity contribution in [3.63, 3.8) is 0 Å². The first-order valence-electron chi connectivity index (χ1n) is 9.51. The monoisotopic (exact) mass is 446 g/mol. The minimum atomic E-state index is -3.87. The number of anilines is 1. The Labute approximate surface area is 182 Å². The maximum absolute atomic E-state index is 13.1. The third-order valence-electron chi connectivity index (χ3n) is 4.74. The van der Waals surface area contributed by atoms with Crippen LogP contribution >= 0.6 is 0 Å². The lowest BCUT2D eigenvalue weighted by molar-refractivity contribution is 0.599. The fourth-order valence-electron chi connectivity index (χ4n) is 3.19. The van der Waals surface area contributed by atoms with Crippen LogP contribution < -0.4 is 4.72 Å². The lowest BCUT2D eigenvalue weighted by atomic mass is 10.1. The molecule has 0 aliphatic heterocycles. The van der Waals surface area contributed by atoms with Gasteiger partial charge in [0.1, 0.15) is 5.82 Å². The highest BCUT2D eigenvalue weighted by Crippen LogP contribution is 2.25. The van der Waals surface area contributed by atoms with E-state index in [0.717, 1.165) is 17.7 Å². The first kappa shape index (κ1) is 19.8. The SMILES string of the molecule is O=S(=O)(Nc1cccc(-c2ccc3nnc(-c4ccncc4)n3n2)c1)c1ccc(F)cc1. The molecule has 5 aromatic rings. The summed E-state index contributed by atoms with van der Waals surface area (Å²) in [6.45, 7) is 0. The molecule has 0 bridgehead atoms. The van der Waals surface area contributed by atoms with Gasteiger partial charge in [-0.15, -0.1) is 10.2 Å². The molecule has 0 amide bonds. The van der Waals surface area contributed by atoms with Gasteiger partial charge in [-0.1, -0.05) is 12.1 Å². The molecule has 8 nitrogen and oxygen atoms in total. The lowest BCUT2D eigenvalue weighted by Crippen LogP contribution is -2.13. The van der Waals surface area contributed by atoms with Crippen molar-refractivity contribution >= 4 is 21.4 Å². The van der Waals surface area contributed by atoms with Crippen molar-refractivity contribution in [2.75, 3.05) is 4.72 Å². The van der Waals surface area contributed by atoms with E-state index in [2.05, 4.69) is 25.0 Å². The first-order valence-corrected chi connectivity index (χ1v) is 11.0. The van der Waals surface area contributed by atoms with Crippen molar-refractivity contribution in [1.29, 1.82) is 0 Å². The molecule has 10 heteroatoms. The molecule has 32 heavy (non-hydrogen) atoms. The van der Waals surface area contributed by atoms with Gasteiger partial charge in [-0.05, 0) is 60.7 Å². The Morgan fingerprint density at radius 3 is 2.41 bits per heavy atom. The summed E-state index contributed by atoms with van der Waals surface area (Å²) in [7, 11) is -3.87. The Kier molecular flexibility index (Phi) is 4.83. The van der Waals surface area contributed by atoms with E-state index in [0.29, 0.717) is 28.4 Å². The molecule has 0 radical (unpaired) electrons. The van der Waals surface area contributed by atoms with Crippen LogP contribution in [0.25, 0.3) is 28.3 Å². The molecule has 0 unspecified atom stereocenters. The van der Waals surface area contributed by atoms with Gasteiger partial charge in [0, 0.05) is 29.2 Å². The van der Waals surface area contributed by atoms with E-state index >= 15 is 0 Å². The third kappa shape index (κ3) is 3.79. The Morgan fingerprint density at radius 1 is 0.844 bits per heavy atom. The molecule has 3 aromatic heterocycles. The zero-order valence-corrected chi connectivity index (χ0v) is 17.2. The topological polar surface area (TPSA) is 102 Å². The number of hydrogen-bond acceptors (Lipinski definition) is 6. The number of benzene rings is 2. The Morgan fingerprint density at radius 2 is 1.62 bits per heavy atom. The number of nitrogens with one attached hydrogen (secondary N) is 1.